The average molecular weight is 358 g/mol. The van der Waals surface area contributed by atoms with Crippen molar-refractivity contribution in [2.45, 2.75) is 32.6 Å². The Morgan fingerprint density at radius 2 is 1.41 bits per heavy atom. The monoisotopic (exact) mass is 358 g/mol. The molecule has 0 bridgehead atoms. The van der Waals surface area contributed by atoms with Gasteiger partial charge in [0.25, 0.3) is 0 Å². The highest BCUT2D eigenvalue weighted by atomic mass is 16.3. The number of aliphatic hydroxyl groups excluding tert-OH is 1. The zero-order valence-corrected chi connectivity index (χ0v) is 16.1. The number of para-hydroxylation sites is 1. The molecule has 2 heteroatoms. The van der Waals surface area contributed by atoms with Crippen LogP contribution in [0.1, 0.15) is 60.4 Å². The van der Waals surface area contributed by atoms with Crippen molar-refractivity contribution >= 4 is 5.76 Å². The molecule has 2 N–H and O–H groups in total. The summed E-state index contributed by atoms with van der Waals surface area (Å²) >= 11 is 0. The van der Waals surface area contributed by atoms with Crippen LogP contribution in [0, 0.1) is 0 Å². The van der Waals surface area contributed by atoms with Gasteiger partial charge in [0.2, 0.25) is 0 Å². The van der Waals surface area contributed by atoms with Gasteiger partial charge in [-0.1, -0.05) is 80.6 Å². The highest BCUT2D eigenvalue weighted by molar-refractivity contribution is 5.64. The molecular formula is C25H26O2. The maximum atomic E-state index is 10.4. The number of allylic oxidation sites excluding steroid dienone is 1. The molecule has 2 nitrogen and oxygen atoms in total. The van der Waals surface area contributed by atoms with Crippen molar-refractivity contribution < 1.29 is 10.2 Å². The Morgan fingerprint density at radius 3 is 2.07 bits per heavy atom. The van der Waals surface area contributed by atoms with Crippen LogP contribution in [0.2, 0.25) is 0 Å². The van der Waals surface area contributed by atoms with Crippen LogP contribution in [0.3, 0.4) is 0 Å². The lowest BCUT2D eigenvalue weighted by Crippen LogP contribution is -2.04. The maximum absolute atomic E-state index is 10.4. The van der Waals surface area contributed by atoms with E-state index in [1.807, 2.05) is 55.5 Å². The Balaban J connectivity index is 2.10. The Labute approximate surface area is 161 Å². The van der Waals surface area contributed by atoms with Crippen LogP contribution >= 0.6 is 0 Å². The van der Waals surface area contributed by atoms with Crippen LogP contribution in [0.5, 0.6) is 5.75 Å². The van der Waals surface area contributed by atoms with Crippen molar-refractivity contribution in [1.82, 2.24) is 0 Å². The van der Waals surface area contributed by atoms with Crippen LogP contribution in [0.15, 0.2) is 78.9 Å². The second-order valence-electron chi connectivity index (χ2n) is 6.93. The van der Waals surface area contributed by atoms with E-state index in [9.17, 15) is 10.2 Å². The molecule has 0 aliphatic heterocycles. The van der Waals surface area contributed by atoms with Crippen LogP contribution in [-0.4, -0.2) is 10.2 Å². The van der Waals surface area contributed by atoms with E-state index in [2.05, 4.69) is 32.0 Å². The van der Waals surface area contributed by atoms with E-state index in [-0.39, 0.29) is 17.6 Å². The molecule has 3 rings (SSSR count). The van der Waals surface area contributed by atoms with E-state index < -0.39 is 0 Å². The molecule has 0 fully saturated rings. The normalized spacial score (nSPS) is 14.0. The fraction of sp³-hybridized carbons (Fsp3) is 0.200. The molecular weight excluding hydrogens is 332 g/mol. The minimum atomic E-state index is 0.0507. The van der Waals surface area contributed by atoms with Crippen molar-refractivity contribution in [2.75, 3.05) is 0 Å². The Hall–Kier alpha value is -3.00. The third-order valence-electron chi connectivity index (χ3n) is 5.29. The predicted molar refractivity (Wildman–Crippen MR) is 112 cm³/mol. The Morgan fingerprint density at radius 1 is 0.778 bits per heavy atom. The predicted octanol–water partition coefficient (Wildman–Crippen LogP) is 6.61. The number of phenolic OH excluding ortho intramolecular Hbond substituents is 1. The second kappa shape index (κ2) is 8.13. The largest absolute Gasteiger partial charge is 0.508 e. The van der Waals surface area contributed by atoms with Gasteiger partial charge in [0.1, 0.15) is 11.5 Å². The molecule has 0 aromatic heterocycles. The van der Waals surface area contributed by atoms with Gasteiger partial charge < -0.3 is 10.2 Å². The van der Waals surface area contributed by atoms with Gasteiger partial charge >= 0.3 is 0 Å². The molecule has 0 aliphatic rings. The van der Waals surface area contributed by atoms with Crippen LogP contribution < -0.4 is 0 Å². The Kier molecular flexibility index (Phi) is 5.66. The highest BCUT2D eigenvalue weighted by Gasteiger charge is 2.19. The van der Waals surface area contributed by atoms with E-state index in [4.69, 9.17) is 0 Å². The molecule has 27 heavy (non-hydrogen) atoms. The van der Waals surface area contributed by atoms with Gasteiger partial charge in [-0.05, 0) is 35.8 Å². The summed E-state index contributed by atoms with van der Waals surface area (Å²) in [6.45, 7) is 6.09. The number of phenols is 1. The SMILES string of the molecule is C/C=C(\O)c1ccc(C(C)c2ccccc2O)cc1C(C)c1ccccc1. The highest BCUT2D eigenvalue weighted by Crippen LogP contribution is 2.36. The molecule has 3 aromatic carbocycles. The van der Waals surface area contributed by atoms with Gasteiger partial charge in [-0.15, -0.1) is 0 Å². The number of hydrogen-bond acceptors (Lipinski definition) is 2. The van der Waals surface area contributed by atoms with Gasteiger partial charge in [-0.2, -0.15) is 0 Å². The number of aliphatic hydroxyl groups is 1. The molecule has 2 atom stereocenters. The lowest BCUT2D eigenvalue weighted by molar-refractivity contribution is 0.466. The average Bonchev–Trinajstić information content (AvgIpc) is 2.72. The van der Waals surface area contributed by atoms with Gasteiger partial charge in [0, 0.05) is 23.0 Å². The van der Waals surface area contributed by atoms with E-state index in [1.54, 1.807) is 12.1 Å². The maximum Gasteiger partial charge on any atom is 0.119 e. The molecule has 0 saturated carbocycles. The van der Waals surface area contributed by atoms with Crippen molar-refractivity contribution in [3.8, 4) is 5.75 Å². The zero-order chi connectivity index (χ0) is 19.4. The van der Waals surface area contributed by atoms with E-state index >= 15 is 0 Å². The molecule has 0 radical (unpaired) electrons. The lowest BCUT2D eigenvalue weighted by atomic mass is 9.84. The first kappa shape index (κ1) is 18.8. The third-order valence-corrected chi connectivity index (χ3v) is 5.29. The first-order valence-corrected chi connectivity index (χ1v) is 9.35. The zero-order valence-electron chi connectivity index (χ0n) is 16.1. The lowest BCUT2D eigenvalue weighted by Gasteiger charge is -2.21. The first-order chi connectivity index (χ1) is 13.0. The van der Waals surface area contributed by atoms with Crippen LogP contribution in [-0.2, 0) is 0 Å². The first-order valence-electron chi connectivity index (χ1n) is 9.35. The molecule has 2 unspecified atom stereocenters. The number of rotatable bonds is 5. The molecule has 0 amide bonds. The second-order valence-corrected chi connectivity index (χ2v) is 6.93. The topological polar surface area (TPSA) is 40.5 Å². The summed E-state index contributed by atoms with van der Waals surface area (Å²) in [7, 11) is 0. The van der Waals surface area contributed by atoms with E-state index in [1.165, 1.54) is 5.56 Å². The molecule has 0 aliphatic carbocycles. The summed E-state index contributed by atoms with van der Waals surface area (Å²) < 4.78 is 0. The third kappa shape index (κ3) is 3.90. The molecule has 138 valence electrons. The number of aromatic hydroxyl groups is 1. The molecule has 0 saturated heterocycles. The summed E-state index contributed by atoms with van der Waals surface area (Å²) in [5.41, 5.74) is 5.15. The quantitative estimate of drug-likeness (QED) is 0.503. The standard InChI is InChI=1S/C25H26O2/c1-4-24(26)22-15-14-20(18(3)21-12-8-9-13-25(21)27)16-23(22)17(2)19-10-6-5-7-11-19/h4-18,26-27H,1-3H3/b24-4-. The van der Waals surface area contributed by atoms with E-state index in [0.29, 0.717) is 5.75 Å². The van der Waals surface area contributed by atoms with Gasteiger partial charge in [-0.25, -0.2) is 0 Å². The molecule has 0 spiro atoms. The fourth-order valence-corrected chi connectivity index (χ4v) is 3.55. The number of benzene rings is 3. The van der Waals surface area contributed by atoms with E-state index in [0.717, 1.165) is 22.3 Å². The van der Waals surface area contributed by atoms with Crippen molar-refractivity contribution in [2.24, 2.45) is 0 Å². The molecule has 3 aromatic rings. The van der Waals surface area contributed by atoms with Crippen LogP contribution in [0.25, 0.3) is 5.76 Å². The smallest absolute Gasteiger partial charge is 0.119 e. The Bertz CT molecular complexity index is 942. The number of hydrogen-bond donors (Lipinski definition) is 2. The minimum absolute atomic E-state index is 0.0507. The van der Waals surface area contributed by atoms with Crippen molar-refractivity contribution in [3.05, 3.63) is 107 Å². The summed E-state index contributed by atoms with van der Waals surface area (Å²) in [5.74, 6) is 0.784. The summed E-state index contributed by atoms with van der Waals surface area (Å²) in [4.78, 5) is 0. The van der Waals surface area contributed by atoms with Gasteiger partial charge in [0.15, 0.2) is 0 Å². The molecule has 0 heterocycles. The van der Waals surface area contributed by atoms with Crippen molar-refractivity contribution in [1.29, 1.82) is 0 Å². The fourth-order valence-electron chi connectivity index (χ4n) is 3.55. The van der Waals surface area contributed by atoms with Crippen molar-refractivity contribution in [3.63, 3.8) is 0 Å². The summed E-state index contributed by atoms with van der Waals surface area (Å²) in [6.07, 6.45) is 1.72. The van der Waals surface area contributed by atoms with Gasteiger partial charge in [-0.3, -0.25) is 0 Å². The minimum Gasteiger partial charge on any atom is -0.508 e. The summed E-state index contributed by atoms with van der Waals surface area (Å²) in [6, 6.07) is 23.9. The van der Waals surface area contributed by atoms with Crippen LogP contribution in [0.4, 0.5) is 0 Å². The van der Waals surface area contributed by atoms with Gasteiger partial charge in [0.05, 0.1) is 0 Å². The summed E-state index contributed by atoms with van der Waals surface area (Å²) in [5, 5.41) is 20.6.